The van der Waals surface area contributed by atoms with Gasteiger partial charge in [-0.05, 0) is 41.9 Å². The van der Waals surface area contributed by atoms with Gasteiger partial charge in [0.2, 0.25) is 0 Å². The maximum Gasteiger partial charge on any atom is 0.146 e. The fraction of sp³-hybridized carbons (Fsp3) is 0.667. The number of hydrogen-bond donors (Lipinski definition) is 2. The molecule has 0 amide bonds. The van der Waals surface area contributed by atoms with Crippen LogP contribution >= 0.6 is 15.9 Å². The van der Waals surface area contributed by atoms with Crippen molar-refractivity contribution in [1.29, 1.82) is 0 Å². The number of likely N-dealkylation sites (N-methyl/N-ethyl adjacent to an activating group) is 1. The van der Waals surface area contributed by atoms with Crippen LogP contribution in [0.4, 0.5) is 11.6 Å². The molecular weight excluding hydrogens is 294 g/mol. The summed E-state index contributed by atoms with van der Waals surface area (Å²) in [6.07, 6.45) is 4.14. The topological polar surface area (TPSA) is 53.1 Å². The van der Waals surface area contributed by atoms with Crippen LogP contribution in [0, 0.1) is 0 Å². The predicted molar refractivity (Wildman–Crippen MR) is 78.0 cm³/mol. The van der Waals surface area contributed by atoms with E-state index in [-0.39, 0.29) is 0 Å². The fourth-order valence-corrected chi connectivity index (χ4v) is 2.97. The van der Waals surface area contributed by atoms with Gasteiger partial charge in [0, 0.05) is 19.6 Å². The zero-order valence-corrected chi connectivity index (χ0v) is 12.5. The molecule has 0 spiro atoms. The van der Waals surface area contributed by atoms with Crippen molar-refractivity contribution in [3.8, 4) is 0 Å². The minimum atomic E-state index is 0.620. The molecule has 0 aromatic carbocycles. The molecule has 2 N–H and O–H groups in total. The van der Waals surface area contributed by atoms with Gasteiger partial charge >= 0.3 is 0 Å². The number of likely N-dealkylation sites (tertiary alicyclic amines) is 1. The van der Waals surface area contributed by atoms with Crippen molar-refractivity contribution < 1.29 is 0 Å². The standard InChI is InChI=1S/C12H20BrN5/c1-3-18-6-4-5-9(18)7-15-12-10(13)11(14-2)16-8-17-12/h8-9H,3-7H2,1-2H3,(H2,14,15,16,17). The summed E-state index contributed by atoms with van der Waals surface area (Å²) < 4.78 is 0.897. The molecule has 2 rings (SSSR count). The van der Waals surface area contributed by atoms with E-state index in [0.717, 1.165) is 29.2 Å². The summed E-state index contributed by atoms with van der Waals surface area (Å²) in [5, 5.41) is 6.45. The van der Waals surface area contributed by atoms with Crippen LogP contribution in [-0.4, -0.2) is 47.6 Å². The Morgan fingerprint density at radius 3 is 2.94 bits per heavy atom. The van der Waals surface area contributed by atoms with Crippen molar-refractivity contribution in [2.24, 2.45) is 0 Å². The molecule has 0 bridgehead atoms. The molecule has 5 nitrogen and oxygen atoms in total. The van der Waals surface area contributed by atoms with Crippen molar-refractivity contribution in [3.63, 3.8) is 0 Å². The Morgan fingerprint density at radius 2 is 2.22 bits per heavy atom. The average molecular weight is 314 g/mol. The Bertz CT molecular complexity index is 398. The molecule has 0 saturated carbocycles. The van der Waals surface area contributed by atoms with E-state index in [2.05, 4.69) is 48.4 Å². The third kappa shape index (κ3) is 2.92. The highest BCUT2D eigenvalue weighted by Crippen LogP contribution is 2.26. The quantitative estimate of drug-likeness (QED) is 0.872. The Hall–Kier alpha value is -0.880. The third-order valence-electron chi connectivity index (χ3n) is 3.44. The molecule has 1 atom stereocenters. The van der Waals surface area contributed by atoms with E-state index in [1.807, 2.05) is 7.05 Å². The number of hydrogen-bond acceptors (Lipinski definition) is 5. The van der Waals surface area contributed by atoms with E-state index in [1.165, 1.54) is 19.4 Å². The first-order valence-electron chi connectivity index (χ1n) is 6.42. The van der Waals surface area contributed by atoms with Crippen LogP contribution < -0.4 is 10.6 Å². The first-order chi connectivity index (χ1) is 8.76. The van der Waals surface area contributed by atoms with Gasteiger partial charge in [-0.1, -0.05) is 6.92 Å². The Balaban J connectivity index is 1.98. The lowest BCUT2D eigenvalue weighted by Crippen LogP contribution is -2.34. The van der Waals surface area contributed by atoms with Crippen molar-refractivity contribution in [3.05, 3.63) is 10.8 Å². The molecule has 100 valence electrons. The van der Waals surface area contributed by atoms with Crippen molar-refractivity contribution >= 4 is 27.6 Å². The Kier molecular flexibility index (Phi) is 4.77. The predicted octanol–water partition coefficient (Wildman–Crippen LogP) is 2.18. The zero-order chi connectivity index (χ0) is 13.0. The first-order valence-corrected chi connectivity index (χ1v) is 7.21. The van der Waals surface area contributed by atoms with Crippen LogP contribution in [0.15, 0.2) is 10.8 Å². The maximum atomic E-state index is 4.27. The van der Waals surface area contributed by atoms with Gasteiger partial charge in [-0.3, -0.25) is 4.90 Å². The van der Waals surface area contributed by atoms with Gasteiger partial charge in [0.25, 0.3) is 0 Å². The number of rotatable bonds is 5. The lowest BCUT2D eigenvalue weighted by Gasteiger charge is -2.23. The molecule has 1 aliphatic heterocycles. The van der Waals surface area contributed by atoms with Crippen molar-refractivity contribution in [1.82, 2.24) is 14.9 Å². The van der Waals surface area contributed by atoms with Gasteiger partial charge in [0.1, 0.15) is 22.4 Å². The van der Waals surface area contributed by atoms with Gasteiger partial charge in [0.15, 0.2) is 0 Å². The second kappa shape index (κ2) is 6.33. The summed E-state index contributed by atoms with van der Waals surface area (Å²) >= 11 is 3.52. The monoisotopic (exact) mass is 313 g/mol. The molecule has 1 unspecified atom stereocenters. The van der Waals surface area contributed by atoms with Gasteiger partial charge in [-0.15, -0.1) is 0 Å². The van der Waals surface area contributed by atoms with Crippen LogP contribution in [0.1, 0.15) is 19.8 Å². The minimum absolute atomic E-state index is 0.620. The molecular formula is C12H20BrN5. The smallest absolute Gasteiger partial charge is 0.146 e. The van der Waals surface area contributed by atoms with E-state index in [9.17, 15) is 0 Å². The summed E-state index contributed by atoms with van der Waals surface area (Å²) in [7, 11) is 1.85. The molecule has 2 heterocycles. The third-order valence-corrected chi connectivity index (χ3v) is 4.19. The molecule has 18 heavy (non-hydrogen) atoms. The van der Waals surface area contributed by atoms with E-state index in [1.54, 1.807) is 6.33 Å². The van der Waals surface area contributed by atoms with Gasteiger partial charge < -0.3 is 10.6 Å². The number of anilines is 2. The van der Waals surface area contributed by atoms with Gasteiger partial charge in [-0.2, -0.15) is 0 Å². The lowest BCUT2D eigenvalue weighted by molar-refractivity contribution is 0.277. The summed E-state index contributed by atoms with van der Waals surface area (Å²) in [4.78, 5) is 10.9. The summed E-state index contributed by atoms with van der Waals surface area (Å²) in [6, 6.07) is 0.620. The van der Waals surface area contributed by atoms with Crippen molar-refractivity contribution in [2.45, 2.75) is 25.8 Å². The molecule has 1 fully saturated rings. The van der Waals surface area contributed by atoms with E-state index >= 15 is 0 Å². The first kappa shape index (κ1) is 13.5. The lowest BCUT2D eigenvalue weighted by atomic mass is 10.2. The number of nitrogens with zero attached hydrogens (tertiary/aromatic N) is 3. The van der Waals surface area contributed by atoms with Crippen LogP contribution in [0.5, 0.6) is 0 Å². The number of nitrogens with one attached hydrogen (secondary N) is 2. The van der Waals surface area contributed by atoms with E-state index in [4.69, 9.17) is 0 Å². The highest BCUT2D eigenvalue weighted by molar-refractivity contribution is 9.10. The molecule has 6 heteroatoms. The largest absolute Gasteiger partial charge is 0.372 e. The van der Waals surface area contributed by atoms with Gasteiger partial charge in [0.05, 0.1) is 0 Å². The molecule has 0 aliphatic carbocycles. The summed E-state index contributed by atoms with van der Waals surface area (Å²) in [5.41, 5.74) is 0. The molecule has 1 saturated heterocycles. The highest BCUT2D eigenvalue weighted by atomic mass is 79.9. The summed E-state index contributed by atoms with van der Waals surface area (Å²) in [5.74, 6) is 1.67. The average Bonchev–Trinajstić information content (AvgIpc) is 2.85. The SMILES string of the molecule is CCN1CCCC1CNc1ncnc(NC)c1Br. The van der Waals surface area contributed by atoms with Crippen LogP contribution in [0.25, 0.3) is 0 Å². The highest BCUT2D eigenvalue weighted by Gasteiger charge is 2.22. The second-order valence-corrected chi connectivity index (χ2v) is 5.23. The number of halogens is 1. The maximum absolute atomic E-state index is 4.27. The minimum Gasteiger partial charge on any atom is -0.372 e. The molecule has 1 aliphatic rings. The fourth-order valence-electron chi connectivity index (χ4n) is 2.42. The van der Waals surface area contributed by atoms with Gasteiger partial charge in [-0.25, -0.2) is 9.97 Å². The van der Waals surface area contributed by atoms with E-state index < -0.39 is 0 Å². The Morgan fingerprint density at radius 1 is 1.44 bits per heavy atom. The van der Waals surface area contributed by atoms with Crippen LogP contribution in [0.3, 0.4) is 0 Å². The van der Waals surface area contributed by atoms with Crippen LogP contribution in [0.2, 0.25) is 0 Å². The molecule has 1 aromatic rings. The van der Waals surface area contributed by atoms with Crippen LogP contribution in [-0.2, 0) is 0 Å². The number of aromatic nitrogens is 2. The Labute approximate surface area is 117 Å². The molecule has 0 radical (unpaired) electrons. The van der Waals surface area contributed by atoms with Crippen molar-refractivity contribution in [2.75, 3.05) is 37.3 Å². The zero-order valence-electron chi connectivity index (χ0n) is 10.9. The normalized spacial score (nSPS) is 20.1. The molecule has 1 aromatic heterocycles. The summed E-state index contributed by atoms with van der Waals surface area (Å²) in [6.45, 7) is 5.50. The second-order valence-electron chi connectivity index (χ2n) is 4.44. The van der Waals surface area contributed by atoms with E-state index in [0.29, 0.717) is 6.04 Å².